The average Bonchev–Trinajstić information content (AvgIpc) is 2.65. The normalized spacial score (nSPS) is 20.7. The molecule has 0 radical (unpaired) electrons. The Bertz CT molecular complexity index is 455. The second kappa shape index (κ2) is 8.85. The molecule has 1 aromatic rings. The van der Waals surface area contributed by atoms with Crippen LogP contribution in [0.3, 0.4) is 0 Å². The Balaban J connectivity index is 1.89. The summed E-state index contributed by atoms with van der Waals surface area (Å²) in [6.07, 6.45) is 0. The van der Waals surface area contributed by atoms with Gasteiger partial charge in [-0.2, -0.15) is 0 Å². The summed E-state index contributed by atoms with van der Waals surface area (Å²) in [7, 11) is 3.66. The summed E-state index contributed by atoms with van der Waals surface area (Å²) in [5.41, 5.74) is 1.05. The molecule has 0 bridgehead atoms. The number of hydrogen-bond donors (Lipinski definition) is 2. The van der Waals surface area contributed by atoms with Crippen LogP contribution in [0.1, 0.15) is 5.56 Å². The molecule has 1 unspecified atom stereocenters. The van der Waals surface area contributed by atoms with E-state index in [4.69, 9.17) is 4.84 Å². The predicted molar refractivity (Wildman–Crippen MR) is 86.2 cm³/mol. The molecule has 2 N–H and O–H groups in total. The van der Waals surface area contributed by atoms with E-state index in [9.17, 15) is 4.79 Å². The molecule has 22 heavy (non-hydrogen) atoms. The molecule has 6 heteroatoms. The van der Waals surface area contributed by atoms with Gasteiger partial charge in [-0.3, -0.25) is 14.5 Å². The average molecular weight is 306 g/mol. The Hall–Kier alpha value is -1.47. The largest absolute Gasteiger partial charge is 0.314 e. The Kier molecular flexibility index (Phi) is 6.79. The molecule has 0 saturated carbocycles. The summed E-state index contributed by atoms with van der Waals surface area (Å²) in [4.78, 5) is 20.3. The lowest BCUT2D eigenvalue weighted by Crippen LogP contribution is -2.51. The highest BCUT2D eigenvalue weighted by Crippen LogP contribution is 2.06. The first-order valence-electron chi connectivity index (χ1n) is 7.74. The lowest BCUT2D eigenvalue weighted by molar-refractivity contribution is -0.187. The Morgan fingerprint density at radius 3 is 2.77 bits per heavy atom. The summed E-state index contributed by atoms with van der Waals surface area (Å²) in [6.45, 7) is 4.55. The van der Waals surface area contributed by atoms with E-state index in [0.717, 1.165) is 31.7 Å². The molecule has 2 rings (SSSR count). The van der Waals surface area contributed by atoms with E-state index in [1.165, 1.54) is 5.06 Å². The van der Waals surface area contributed by atoms with Gasteiger partial charge >= 0.3 is 0 Å². The first-order valence-corrected chi connectivity index (χ1v) is 7.74. The van der Waals surface area contributed by atoms with E-state index < -0.39 is 0 Å². The van der Waals surface area contributed by atoms with Crippen molar-refractivity contribution >= 4 is 5.91 Å². The van der Waals surface area contributed by atoms with Crippen LogP contribution in [-0.2, 0) is 16.2 Å². The fourth-order valence-electron chi connectivity index (χ4n) is 2.40. The number of hydrogen-bond acceptors (Lipinski definition) is 5. The van der Waals surface area contributed by atoms with Gasteiger partial charge in [0, 0.05) is 39.8 Å². The van der Waals surface area contributed by atoms with E-state index in [0.29, 0.717) is 13.2 Å². The van der Waals surface area contributed by atoms with Gasteiger partial charge in [0.05, 0.1) is 0 Å². The summed E-state index contributed by atoms with van der Waals surface area (Å²) in [6, 6.07) is 9.65. The molecule has 0 spiro atoms. The number of benzene rings is 1. The summed E-state index contributed by atoms with van der Waals surface area (Å²) >= 11 is 0. The minimum Gasteiger partial charge on any atom is -0.314 e. The molecule has 1 saturated heterocycles. The van der Waals surface area contributed by atoms with Crippen molar-refractivity contribution in [2.45, 2.75) is 12.6 Å². The van der Waals surface area contributed by atoms with E-state index >= 15 is 0 Å². The number of rotatable bonds is 4. The highest BCUT2D eigenvalue weighted by atomic mass is 16.7. The fraction of sp³-hybridized carbons (Fsp3) is 0.562. The van der Waals surface area contributed by atoms with Crippen molar-refractivity contribution in [3.8, 4) is 0 Å². The molecule has 1 atom stereocenters. The van der Waals surface area contributed by atoms with Crippen molar-refractivity contribution in [1.82, 2.24) is 20.6 Å². The number of nitrogens with one attached hydrogen (secondary N) is 2. The third-order valence-electron chi connectivity index (χ3n) is 3.85. The van der Waals surface area contributed by atoms with Gasteiger partial charge in [-0.05, 0) is 12.6 Å². The van der Waals surface area contributed by atoms with Crippen molar-refractivity contribution in [2.24, 2.45) is 0 Å². The second-order valence-electron chi connectivity index (χ2n) is 5.55. The smallest absolute Gasteiger partial charge is 0.264 e. The van der Waals surface area contributed by atoms with Crippen LogP contribution in [0.25, 0.3) is 0 Å². The molecule has 0 aliphatic carbocycles. The molecular formula is C16H26N4O2. The van der Waals surface area contributed by atoms with Crippen molar-refractivity contribution in [1.29, 1.82) is 0 Å². The molecule has 122 valence electrons. The maximum atomic E-state index is 12.6. The molecule has 6 nitrogen and oxygen atoms in total. The van der Waals surface area contributed by atoms with Gasteiger partial charge in [-0.25, -0.2) is 5.06 Å². The van der Waals surface area contributed by atoms with Gasteiger partial charge in [-0.1, -0.05) is 30.3 Å². The predicted octanol–water partition coefficient (Wildman–Crippen LogP) is 0.0698. The zero-order valence-corrected chi connectivity index (χ0v) is 13.4. The van der Waals surface area contributed by atoms with Gasteiger partial charge in [0.15, 0.2) is 0 Å². The first kappa shape index (κ1) is 16.9. The van der Waals surface area contributed by atoms with Gasteiger partial charge < -0.3 is 10.6 Å². The number of likely N-dealkylation sites (N-methyl/N-ethyl adjacent to an activating group) is 2. The van der Waals surface area contributed by atoms with E-state index in [2.05, 4.69) is 15.5 Å². The van der Waals surface area contributed by atoms with E-state index in [1.807, 2.05) is 37.4 Å². The number of amides is 1. The lowest BCUT2D eigenvalue weighted by atomic mass is 10.2. The number of hydroxylamine groups is 2. The standard InChI is InChI=1S/C16H26N4O2/c1-19-11-10-17-8-9-18-12-15(19)16(21)20(2)22-13-14-6-4-3-5-7-14/h3-7,15,17-18H,8-13H2,1-2H3. The topological polar surface area (TPSA) is 56.8 Å². The third kappa shape index (κ3) is 5.06. The van der Waals surface area contributed by atoms with Crippen LogP contribution >= 0.6 is 0 Å². The minimum atomic E-state index is -0.208. The molecule has 1 aliphatic rings. The van der Waals surface area contributed by atoms with Crippen molar-refractivity contribution in [3.05, 3.63) is 35.9 Å². The third-order valence-corrected chi connectivity index (χ3v) is 3.85. The fourth-order valence-corrected chi connectivity index (χ4v) is 2.40. The Labute approximate surface area is 132 Å². The Morgan fingerprint density at radius 1 is 1.27 bits per heavy atom. The van der Waals surface area contributed by atoms with Crippen LogP contribution in [-0.4, -0.2) is 68.7 Å². The lowest BCUT2D eigenvalue weighted by Gasteiger charge is -2.29. The Morgan fingerprint density at radius 2 is 2.00 bits per heavy atom. The van der Waals surface area contributed by atoms with Crippen LogP contribution in [0, 0.1) is 0 Å². The van der Waals surface area contributed by atoms with Gasteiger partial charge in [0.2, 0.25) is 0 Å². The zero-order valence-electron chi connectivity index (χ0n) is 13.4. The van der Waals surface area contributed by atoms with Crippen molar-refractivity contribution in [2.75, 3.05) is 46.8 Å². The number of carbonyl (C=O) groups excluding carboxylic acids is 1. The van der Waals surface area contributed by atoms with Gasteiger partial charge in [0.1, 0.15) is 12.6 Å². The molecule has 0 aromatic heterocycles. The first-order chi connectivity index (χ1) is 10.7. The molecular weight excluding hydrogens is 280 g/mol. The van der Waals surface area contributed by atoms with Crippen LogP contribution in [0.5, 0.6) is 0 Å². The highest BCUT2D eigenvalue weighted by Gasteiger charge is 2.26. The van der Waals surface area contributed by atoms with Crippen molar-refractivity contribution in [3.63, 3.8) is 0 Å². The highest BCUT2D eigenvalue weighted by molar-refractivity contribution is 5.81. The molecule has 1 aromatic carbocycles. The maximum absolute atomic E-state index is 12.6. The SMILES string of the molecule is CN(OCc1ccccc1)C(=O)C1CNCCNCCN1C. The van der Waals surface area contributed by atoms with Crippen LogP contribution in [0.4, 0.5) is 0 Å². The molecule has 1 aliphatic heterocycles. The van der Waals surface area contributed by atoms with Gasteiger partial charge in [0.25, 0.3) is 5.91 Å². The number of carbonyl (C=O) groups is 1. The van der Waals surface area contributed by atoms with Gasteiger partial charge in [-0.15, -0.1) is 0 Å². The summed E-state index contributed by atoms with van der Waals surface area (Å²) in [5, 5.41) is 8.01. The van der Waals surface area contributed by atoms with Crippen LogP contribution < -0.4 is 10.6 Å². The molecule has 1 fully saturated rings. The summed E-state index contributed by atoms with van der Waals surface area (Å²) < 4.78 is 0. The number of nitrogens with zero attached hydrogens (tertiary/aromatic N) is 2. The quantitative estimate of drug-likeness (QED) is 0.771. The van der Waals surface area contributed by atoms with E-state index in [1.54, 1.807) is 7.05 Å². The van der Waals surface area contributed by atoms with Crippen molar-refractivity contribution < 1.29 is 9.63 Å². The van der Waals surface area contributed by atoms with E-state index in [-0.39, 0.29) is 11.9 Å². The van der Waals surface area contributed by atoms with Crippen LogP contribution in [0.2, 0.25) is 0 Å². The summed E-state index contributed by atoms with van der Waals surface area (Å²) in [5.74, 6) is -0.0205. The molecule has 1 amide bonds. The van der Waals surface area contributed by atoms with Crippen LogP contribution in [0.15, 0.2) is 30.3 Å². The second-order valence-corrected chi connectivity index (χ2v) is 5.55. The zero-order chi connectivity index (χ0) is 15.8. The monoisotopic (exact) mass is 306 g/mol. The maximum Gasteiger partial charge on any atom is 0.264 e. The molecule has 1 heterocycles. The minimum absolute atomic E-state index is 0.0205.